The maximum Gasteiger partial charge on any atom is 0.341 e. The van der Waals surface area contributed by atoms with Gasteiger partial charge in [0.15, 0.2) is 10.8 Å². The Kier molecular flexibility index (Phi) is 5.05. The molecule has 5 rings (SSSR count). The fraction of sp³-hybridized carbons (Fsp3) is 0.273. The van der Waals surface area contributed by atoms with E-state index in [2.05, 4.69) is 10.1 Å². The Bertz CT molecular complexity index is 1450. The Hall–Kier alpha value is -3.86. The SMILES string of the molecule is Cc1cc(N2CC(C(=O)Cc3ccn(C)n3)C2)nc2c1c(=O)c(C(=O)O)cn2-c1nccs1. The van der Waals surface area contributed by atoms with Gasteiger partial charge in [0.25, 0.3) is 0 Å². The number of thiazole rings is 1. The number of carboxylic acids is 1. The summed E-state index contributed by atoms with van der Waals surface area (Å²) in [4.78, 5) is 48.1. The van der Waals surface area contributed by atoms with E-state index >= 15 is 0 Å². The minimum Gasteiger partial charge on any atom is -0.477 e. The van der Waals surface area contributed by atoms with E-state index in [0.717, 1.165) is 5.69 Å². The lowest BCUT2D eigenvalue weighted by Crippen LogP contribution is -2.51. The fourth-order valence-electron chi connectivity index (χ4n) is 4.02. The Balaban J connectivity index is 1.48. The van der Waals surface area contributed by atoms with Gasteiger partial charge in [-0.05, 0) is 24.6 Å². The topological polar surface area (TPSA) is 123 Å². The average molecular weight is 465 g/mol. The highest BCUT2D eigenvalue weighted by Gasteiger charge is 2.34. The molecule has 0 aromatic carbocycles. The van der Waals surface area contributed by atoms with E-state index in [1.165, 1.54) is 17.5 Å². The number of fused-ring (bicyclic) bond motifs is 1. The molecule has 1 saturated heterocycles. The maximum absolute atomic E-state index is 12.9. The van der Waals surface area contributed by atoms with Gasteiger partial charge in [0.2, 0.25) is 5.43 Å². The van der Waals surface area contributed by atoms with Crippen molar-refractivity contribution >= 4 is 39.9 Å². The molecule has 0 amide bonds. The van der Waals surface area contributed by atoms with Crippen molar-refractivity contribution in [1.82, 2.24) is 24.3 Å². The molecule has 4 aromatic rings. The number of pyridine rings is 2. The average Bonchev–Trinajstić information content (AvgIpc) is 3.38. The zero-order valence-corrected chi connectivity index (χ0v) is 18.7. The van der Waals surface area contributed by atoms with E-state index in [9.17, 15) is 19.5 Å². The van der Waals surface area contributed by atoms with Crippen LogP contribution < -0.4 is 10.3 Å². The molecule has 168 valence electrons. The number of ketones is 1. The second-order valence-corrected chi connectivity index (χ2v) is 8.96. The first-order valence-electron chi connectivity index (χ1n) is 10.3. The van der Waals surface area contributed by atoms with Gasteiger partial charge >= 0.3 is 5.97 Å². The van der Waals surface area contributed by atoms with Crippen LogP contribution in [0.2, 0.25) is 0 Å². The molecule has 4 aromatic heterocycles. The Morgan fingerprint density at radius 2 is 2.09 bits per heavy atom. The number of nitrogens with zero attached hydrogens (tertiary/aromatic N) is 6. The standard InChI is InChI=1S/C22H20N6O4S/c1-12-7-17(27-9-13(10-27)16(29)8-14-3-5-26(2)25-14)24-20-18(12)19(30)15(21(31)32)11-28(20)22-23-4-6-33-22/h3-7,11,13H,8-10H2,1-2H3,(H,31,32). The number of aromatic carboxylic acids is 1. The molecule has 0 bridgehead atoms. The number of aryl methyl sites for hydroxylation is 2. The Morgan fingerprint density at radius 1 is 1.30 bits per heavy atom. The highest BCUT2D eigenvalue weighted by atomic mass is 32.1. The van der Waals surface area contributed by atoms with Gasteiger partial charge in [0.1, 0.15) is 17.2 Å². The van der Waals surface area contributed by atoms with Crippen molar-refractivity contribution in [2.75, 3.05) is 18.0 Å². The minimum atomic E-state index is -1.30. The first-order chi connectivity index (χ1) is 15.8. The number of rotatable bonds is 6. The van der Waals surface area contributed by atoms with Crippen molar-refractivity contribution in [2.45, 2.75) is 13.3 Å². The summed E-state index contributed by atoms with van der Waals surface area (Å²) in [6.45, 7) is 2.81. The lowest BCUT2D eigenvalue weighted by atomic mass is 9.92. The predicted molar refractivity (Wildman–Crippen MR) is 122 cm³/mol. The highest BCUT2D eigenvalue weighted by Crippen LogP contribution is 2.29. The normalized spacial score (nSPS) is 13.9. The second-order valence-electron chi connectivity index (χ2n) is 8.08. The Labute approximate surface area is 191 Å². The monoisotopic (exact) mass is 464 g/mol. The maximum atomic E-state index is 12.9. The van der Waals surface area contributed by atoms with Crippen LogP contribution in [0.5, 0.6) is 0 Å². The number of carboxylic acid groups (broad SMARTS) is 1. The number of anilines is 1. The van der Waals surface area contributed by atoms with Crippen LogP contribution in [0.25, 0.3) is 16.2 Å². The fourth-order valence-corrected chi connectivity index (χ4v) is 4.64. The summed E-state index contributed by atoms with van der Waals surface area (Å²) in [5, 5.41) is 16.3. The zero-order valence-electron chi connectivity index (χ0n) is 17.9. The Morgan fingerprint density at radius 3 is 2.73 bits per heavy atom. The van der Waals surface area contributed by atoms with Gasteiger partial charge in [-0.25, -0.2) is 14.8 Å². The summed E-state index contributed by atoms with van der Waals surface area (Å²) in [6.07, 6.45) is 4.99. The van der Waals surface area contributed by atoms with Gasteiger partial charge in [-0.1, -0.05) is 0 Å². The molecule has 1 N–H and O–H groups in total. The highest BCUT2D eigenvalue weighted by molar-refractivity contribution is 7.12. The molecule has 33 heavy (non-hydrogen) atoms. The lowest BCUT2D eigenvalue weighted by Gasteiger charge is -2.39. The molecular formula is C22H20N6O4S. The third-order valence-corrected chi connectivity index (χ3v) is 6.55. The van der Waals surface area contributed by atoms with Gasteiger partial charge < -0.3 is 10.0 Å². The summed E-state index contributed by atoms with van der Waals surface area (Å²) >= 11 is 1.31. The molecule has 11 heteroatoms. The van der Waals surface area contributed by atoms with Crippen LogP contribution in [0.3, 0.4) is 0 Å². The van der Waals surface area contributed by atoms with Crippen LogP contribution in [0.4, 0.5) is 5.82 Å². The molecule has 0 spiro atoms. The van der Waals surface area contributed by atoms with Gasteiger partial charge in [0, 0.05) is 44.1 Å². The number of aromatic nitrogens is 5. The summed E-state index contributed by atoms with van der Waals surface area (Å²) in [5.41, 5.74) is 0.811. The van der Waals surface area contributed by atoms with Crippen molar-refractivity contribution < 1.29 is 14.7 Å². The van der Waals surface area contributed by atoms with Crippen LogP contribution >= 0.6 is 11.3 Å². The van der Waals surface area contributed by atoms with Crippen LogP contribution in [0.15, 0.2) is 40.9 Å². The van der Waals surface area contributed by atoms with Crippen molar-refractivity contribution in [2.24, 2.45) is 13.0 Å². The number of carbonyl (C=O) groups is 2. The molecule has 0 atom stereocenters. The summed E-state index contributed by atoms with van der Waals surface area (Å²) in [5.74, 6) is -0.643. The molecular weight excluding hydrogens is 444 g/mol. The largest absolute Gasteiger partial charge is 0.477 e. The predicted octanol–water partition coefficient (Wildman–Crippen LogP) is 1.83. The molecule has 1 aliphatic heterocycles. The van der Waals surface area contributed by atoms with Crippen LogP contribution in [-0.4, -0.2) is 54.3 Å². The van der Waals surface area contributed by atoms with E-state index in [0.29, 0.717) is 41.7 Å². The number of Topliss-reactive ketones (excluding diaryl/α,β-unsaturated/α-hetero) is 1. The molecule has 1 aliphatic rings. The van der Waals surface area contributed by atoms with E-state index in [1.54, 1.807) is 33.8 Å². The van der Waals surface area contributed by atoms with Crippen molar-refractivity contribution in [3.63, 3.8) is 0 Å². The third kappa shape index (κ3) is 3.69. The zero-order chi connectivity index (χ0) is 23.3. The third-order valence-electron chi connectivity index (χ3n) is 5.78. The van der Waals surface area contributed by atoms with Gasteiger partial charge in [0.05, 0.1) is 23.4 Å². The lowest BCUT2D eigenvalue weighted by molar-refractivity contribution is -0.123. The summed E-state index contributed by atoms with van der Waals surface area (Å²) < 4.78 is 3.22. The van der Waals surface area contributed by atoms with E-state index < -0.39 is 11.4 Å². The van der Waals surface area contributed by atoms with Gasteiger partial charge in [-0.3, -0.25) is 18.8 Å². The van der Waals surface area contributed by atoms with Crippen LogP contribution in [0, 0.1) is 12.8 Å². The summed E-state index contributed by atoms with van der Waals surface area (Å²) in [7, 11) is 1.82. The molecule has 0 unspecified atom stereocenters. The molecule has 5 heterocycles. The smallest absolute Gasteiger partial charge is 0.341 e. The van der Waals surface area contributed by atoms with Crippen LogP contribution in [0.1, 0.15) is 21.6 Å². The quantitative estimate of drug-likeness (QED) is 0.458. The van der Waals surface area contributed by atoms with E-state index in [-0.39, 0.29) is 22.7 Å². The molecule has 0 radical (unpaired) electrons. The minimum absolute atomic E-state index is 0.111. The molecule has 10 nitrogen and oxygen atoms in total. The molecule has 0 saturated carbocycles. The first-order valence-corrected chi connectivity index (χ1v) is 11.2. The van der Waals surface area contributed by atoms with Gasteiger partial charge in [-0.2, -0.15) is 5.10 Å². The number of hydrogen-bond acceptors (Lipinski definition) is 8. The van der Waals surface area contributed by atoms with E-state index in [1.807, 2.05) is 24.2 Å². The van der Waals surface area contributed by atoms with Gasteiger partial charge in [-0.15, -0.1) is 11.3 Å². The van der Waals surface area contributed by atoms with Crippen molar-refractivity contribution in [1.29, 1.82) is 0 Å². The number of carbonyl (C=O) groups excluding carboxylic acids is 1. The van der Waals surface area contributed by atoms with E-state index in [4.69, 9.17) is 4.98 Å². The second kappa shape index (κ2) is 7.93. The molecule has 1 fully saturated rings. The van der Waals surface area contributed by atoms with Crippen LogP contribution in [-0.2, 0) is 18.3 Å². The van der Waals surface area contributed by atoms with Crippen molar-refractivity contribution in [3.05, 3.63) is 63.1 Å². The first kappa shape index (κ1) is 21.0. The number of hydrogen-bond donors (Lipinski definition) is 1. The molecule has 0 aliphatic carbocycles. The summed E-state index contributed by atoms with van der Waals surface area (Å²) in [6, 6.07) is 3.60. The van der Waals surface area contributed by atoms with Crippen molar-refractivity contribution in [3.8, 4) is 5.13 Å².